The molecular weight excluding hydrogens is 242 g/mol. The number of halogens is 1. The van der Waals surface area contributed by atoms with Gasteiger partial charge in [-0.3, -0.25) is 5.32 Å². The maximum Gasteiger partial charge on any atom is 0.323 e. The molecular formula is C11H14ClN3O2. The topological polar surface area (TPSA) is 65.5 Å². The number of nitrogens with one attached hydrogen (secondary N) is 1. The number of likely N-dealkylation sites (tertiary alicyclic amines) is 1. The van der Waals surface area contributed by atoms with Gasteiger partial charge in [-0.25, -0.2) is 9.78 Å². The van der Waals surface area contributed by atoms with E-state index < -0.39 is 0 Å². The summed E-state index contributed by atoms with van der Waals surface area (Å²) in [7, 11) is 0. The monoisotopic (exact) mass is 255 g/mol. The number of nitrogens with zero attached hydrogens (tertiary/aromatic N) is 2. The first-order valence-corrected chi connectivity index (χ1v) is 5.88. The van der Waals surface area contributed by atoms with E-state index >= 15 is 0 Å². The molecule has 1 aliphatic heterocycles. The van der Waals surface area contributed by atoms with E-state index in [9.17, 15) is 4.79 Å². The normalized spacial score (nSPS) is 19.4. The molecule has 0 spiro atoms. The summed E-state index contributed by atoms with van der Waals surface area (Å²) in [6.45, 7) is 0.673. The number of aliphatic hydroxyl groups excluding tert-OH is 1. The molecule has 2 heterocycles. The summed E-state index contributed by atoms with van der Waals surface area (Å²) in [6, 6.07) is 3.00. The number of carbonyl (C=O) groups excluding carboxylic acids is 1. The van der Waals surface area contributed by atoms with Crippen LogP contribution in [0.1, 0.15) is 12.8 Å². The van der Waals surface area contributed by atoms with E-state index in [1.165, 1.54) is 6.20 Å². The molecule has 0 bridgehead atoms. The van der Waals surface area contributed by atoms with Gasteiger partial charge in [0.05, 0.1) is 17.7 Å². The lowest BCUT2D eigenvalue weighted by Gasteiger charge is -2.22. The molecule has 2 N–H and O–H groups in total. The first kappa shape index (κ1) is 12.1. The molecule has 0 saturated carbocycles. The van der Waals surface area contributed by atoms with Crippen LogP contribution < -0.4 is 5.32 Å². The van der Waals surface area contributed by atoms with Gasteiger partial charge >= 0.3 is 6.03 Å². The average molecular weight is 256 g/mol. The van der Waals surface area contributed by atoms with Crippen LogP contribution in [0, 0.1) is 0 Å². The Bertz CT molecular complexity index is 396. The zero-order chi connectivity index (χ0) is 12.3. The molecule has 0 aliphatic carbocycles. The summed E-state index contributed by atoms with van der Waals surface area (Å²) in [5.41, 5.74) is 0. The molecule has 5 nitrogen and oxygen atoms in total. The minimum Gasteiger partial charge on any atom is -0.394 e. The summed E-state index contributed by atoms with van der Waals surface area (Å²) in [5.74, 6) is 0.461. The first-order chi connectivity index (χ1) is 8.20. The summed E-state index contributed by atoms with van der Waals surface area (Å²) in [6.07, 6.45) is 3.25. The molecule has 1 atom stereocenters. The Kier molecular flexibility index (Phi) is 3.81. The van der Waals surface area contributed by atoms with Crippen LogP contribution in [0.25, 0.3) is 0 Å². The average Bonchev–Trinajstić information content (AvgIpc) is 2.80. The van der Waals surface area contributed by atoms with Gasteiger partial charge in [0.1, 0.15) is 5.82 Å². The second kappa shape index (κ2) is 5.33. The lowest BCUT2D eigenvalue weighted by Crippen LogP contribution is -2.40. The Labute approximate surface area is 104 Å². The van der Waals surface area contributed by atoms with Gasteiger partial charge in [0.25, 0.3) is 0 Å². The van der Waals surface area contributed by atoms with Crippen LogP contribution in [-0.2, 0) is 0 Å². The maximum absolute atomic E-state index is 11.9. The van der Waals surface area contributed by atoms with Gasteiger partial charge in [-0.2, -0.15) is 0 Å². The Morgan fingerprint density at radius 3 is 3.12 bits per heavy atom. The van der Waals surface area contributed by atoms with E-state index in [0.717, 1.165) is 12.8 Å². The fourth-order valence-electron chi connectivity index (χ4n) is 1.92. The fourth-order valence-corrected chi connectivity index (χ4v) is 2.04. The highest BCUT2D eigenvalue weighted by Crippen LogP contribution is 2.18. The quantitative estimate of drug-likeness (QED) is 0.846. The number of aromatic nitrogens is 1. The van der Waals surface area contributed by atoms with Crippen molar-refractivity contribution in [1.82, 2.24) is 9.88 Å². The maximum atomic E-state index is 11.9. The molecule has 0 radical (unpaired) electrons. The smallest absolute Gasteiger partial charge is 0.323 e. The molecule has 92 valence electrons. The van der Waals surface area contributed by atoms with E-state index in [4.69, 9.17) is 16.7 Å². The molecule has 1 saturated heterocycles. The van der Waals surface area contributed by atoms with Gasteiger partial charge in [-0.1, -0.05) is 11.6 Å². The molecule has 17 heavy (non-hydrogen) atoms. The van der Waals surface area contributed by atoms with E-state index in [-0.39, 0.29) is 18.7 Å². The van der Waals surface area contributed by atoms with Crippen LogP contribution in [-0.4, -0.2) is 40.2 Å². The standard InChI is InChI=1S/C11H14ClN3O2/c12-8-3-4-10(13-6-8)14-11(17)15-5-1-2-9(15)7-16/h3-4,6,9,16H,1-2,5,7H2,(H,13,14,17)/t9-/m0/s1. The summed E-state index contributed by atoms with van der Waals surface area (Å²) >= 11 is 5.70. The number of anilines is 1. The van der Waals surface area contributed by atoms with Crippen molar-refractivity contribution >= 4 is 23.4 Å². The second-order valence-electron chi connectivity index (χ2n) is 3.96. The summed E-state index contributed by atoms with van der Waals surface area (Å²) < 4.78 is 0. The largest absolute Gasteiger partial charge is 0.394 e. The number of amides is 2. The highest BCUT2D eigenvalue weighted by Gasteiger charge is 2.28. The lowest BCUT2D eigenvalue weighted by molar-refractivity contribution is 0.166. The number of rotatable bonds is 2. The van der Waals surface area contributed by atoms with Gasteiger partial charge < -0.3 is 10.0 Å². The number of carbonyl (C=O) groups is 1. The van der Waals surface area contributed by atoms with E-state index in [0.29, 0.717) is 17.4 Å². The van der Waals surface area contributed by atoms with Crippen LogP contribution in [0.4, 0.5) is 10.6 Å². The number of aliphatic hydroxyl groups is 1. The Morgan fingerprint density at radius 2 is 2.47 bits per heavy atom. The van der Waals surface area contributed by atoms with Crippen molar-refractivity contribution in [2.45, 2.75) is 18.9 Å². The zero-order valence-corrected chi connectivity index (χ0v) is 10.0. The van der Waals surface area contributed by atoms with Crippen molar-refractivity contribution in [2.24, 2.45) is 0 Å². The van der Waals surface area contributed by atoms with Crippen molar-refractivity contribution in [1.29, 1.82) is 0 Å². The van der Waals surface area contributed by atoms with Crippen LogP contribution in [0.3, 0.4) is 0 Å². The predicted octanol–water partition coefficient (Wildman–Crippen LogP) is 1.72. The van der Waals surface area contributed by atoms with Gasteiger partial charge in [-0.05, 0) is 25.0 Å². The van der Waals surface area contributed by atoms with Gasteiger partial charge in [0.15, 0.2) is 0 Å². The summed E-state index contributed by atoms with van der Waals surface area (Å²) in [4.78, 5) is 17.5. The van der Waals surface area contributed by atoms with Crippen molar-refractivity contribution in [2.75, 3.05) is 18.5 Å². The van der Waals surface area contributed by atoms with Crippen LogP contribution >= 0.6 is 11.6 Å². The van der Waals surface area contributed by atoms with Crippen LogP contribution in [0.2, 0.25) is 5.02 Å². The fraction of sp³-hybridized carbons (Fsp3) is 0.455. The molecule has 1 fully saturated rings. The van der Waals surface area contributed by atoms with E-state index in [2.05, 4.69) is 10.3 Å². The van der Waals surface area contributed by atoms with Crippen molar-refractivity contribution in [3.05, 3.63) is 23.4 Å². The highest BCUT2D eigenvalue weighted by atomic mass is 35.5. The third-order valence-electron chi connectivity index (χ3n) is 2.81. The number of urea groups is 1. The lowest BCUT2D eigenvalue weighted by atomic mass is 10.2. The summed E-state index contributed by atoms with van der Waals surface area (Å²) in [5, 5.41) is 12.3. The molecule has 1 aromatic rings. The van der Waals surface area contributed by atoms with Crippen molar-refractivity contribution in [3.63, 3.8) is 0 Å². The van der Waals surface area contributed by atoms with E-state index in [1.807, 2.05) is 0 Å². The Balaban J connectivity index is 1.99. The number of hydrogen-bond donors (Lipinski definition) is 2. The predicted molar refractivity (Wildman–Crippen MR) is 65.1 cm³/mol. The number of hydrogen-bond acceptors (Lipinski definition) is 3. The van der Waals surface area contributed by atoms with Crippen LogP contribution in [0.15, 0.2) is 18.3 Å². The molecule has 1 aliphatic rings. The number of pyridine rings is 1. The Hall–Kier alpha value is -1.33. The molecule has 0 unspecified atom stereocenters. The molecule has 6 heteroatoms. The highest BCUT2D eigenvalue weighted by molar-refractivity contribution is 6.30. The van der Waals surface area contributed by atoms with Gasteiger partial charge in [-0.15, -0.1) is 0 Å². The van der Waals surface area contributed by atoms with E-state index in [1.54, 1.807) is 17.0 Å². The SMILES string of the molecule is O=C(Nc1ccc(Cl)cn1)N1CCC[C@H]1CO. The van der Waals surface area contributed by atoms with Crippen molar-refractivity contribution < 1.29 is 9.90 Å². The second-order valence-corrected chi connectivity index (χ2v) is 4.40. The third kappa shape index (κ3) is 2.87. The Morgan fingerprint density at radius 1 is 1.65 bits per heavy atom. The van der Waals surface area contributed by atoms with Crippen LogP contribution in [0.5, 0.6) is 0 Å². The zero-order valence-electron chi connectivity index (χ0n) is 9.27. The minimum atomic E-state index is -0.226. The molecule has 1 aromatic heterocycles. The minimum absolute atomic E-state index is 0.00145. The molecule has 2 amide bonds. The molecule has 0 aromatic carbocycles. The molecule has 2 rings (SSSR count). The first-order valence-electron chi connectivity index (χ1n) is 5.51. The van der Waals surface area contributed by atoms with Gasteiger partial charge in [0, 0.05) is 12.7 Å². The third-order valence-corrected chi connectivity index (χ3v) is 3.03. The van der Waals surface area contributed by atoms with Crippen molar-refractivity contribution in [3.8, 4) is 0 Å². The van der Waals surface area contributed by atoms with Gasteiger partial charge in [0.2, 0.25) is 0 Å².